The van der Waals surface area contributed by atoms with Crippen LogP contribution in [0.2, 0.25) is 0 Å². The van der Waals surface area contributed by atoms with E-state index in [0.717, 1.165) is 57.3 Å². The molecule has 222 valence electrons. The molecule has 0 unspecified atom stereocenters. The van der Waals surface area contributed by atoms with Gasteiger partial charge in [0.2, 0.25) is 5.90 Å². The zero-order chi connectivity index (χ0) is 29.8. The fourth-order valence-corrected chi connectivity index (χ4v) is 4.35. The molecule has 41 heavy (non-hydrogen) atoms. The van der Waals surface area contributed by atoms with Gasteiger partial charge in [-0.2, -0.15) is 0 Å². The van der Waals surface area contributed by atoms with Gasteiger partial charge in [-0.1, -0.05) is 19.6 Å². The monoisotopic (exact) mass is 572 g/mol. The van der Waals surface area contributed by atoms with Gasteiger partial charge in [-0.15, -0.1) is 13.2 Å². The van der Waals surface area contributed by atoms with Crippen LogP contribution in [0.5, 0.6) is 5.75 Å². The first-order valence-corrected chi connectivity index (χ1v) is 13.8. The molecule has 2 aromatic rings. The number of aromatic nitrogens is 1. The van der Waals surface area contributed by atoms with Gasteiger partial charge in [0, 0.05) is 25.0 Å². The van der Waals surface area contributed by atoms with Gasteiger partial charge in [-0.3, -0.25) is 9.98 Å². The third-order valence-electron chi connectivity index (χ3n) is 6.71. The Morgan fingerprint density at radius 2 is 1.85 bits per heavy atom. The minimum Gasteiger partial charge on any atom is -0.479 e. The number of nitrogens with zero attached hydrogens (tertiary/aromatic N) is 4. The van der Waals surface area contributed by atoms with Crippen molar-refractivity contribution >= 4 is 17.3 Å². The zero-order valence-corrected chi connectivity index (χ0v) is 24.0. The average molecular weight is 573 g/mol. The van der Waals surface area contributed by atoms with E-state index in [9.17, 15) is 18.3 Å². The summed E-state index contributed by atoms with van der Waals surface area (Å²) in [6, 6.07) is 9.62. The molecular formula is C31H39F3N4O3. The van der Waals surface area contributed by atoms with Crippen LogP contribution >= 0.6 is 0 Å². The second-order valence-electron chi connectivity index (χ2n) is 10.0. The van der Waals surface area contributed by atoms with Crippen LogP contribution in [-0.4, -0.2) is 72.4 Å². The summed E-state index contributed by atoms with van der Waals surface area (Å²) >= 11 is 0. The minimum absolute atomic E-state index is 0.0653. The SMILES string of the molecule is C=C(N=C(OC)C1=NCC(C)=C1)c1ccc(OC(F)(F)F)cc1.CCc1ccc(CCCN2CCC(O)CC2)nc1. The van der Waals surface area contributed by atoms with E-state index in [0.29, 0.717) is 29.4 Å². The molecule has 1 saturated heterocycles. The molecule has 1 aromatic heterocycles. The Morgan fingerprint density at radius 1 is 1.15 bits per heavy atom. The third kappa shape index (κ3) is 11.1. The number of methoxy groups -OCH3 is 1. The highest BCUT2D eigenvalue weighted by Crippen LogP contribution is 2.25. The van der Waals surface area contributed by atoms with Crippen molar-refractivity contribution in [3.05, 3.63) is 77.6 Å². The first kappa shape index (κ1) is 32.0. The Hall–Kier alpha value is -3.50. The number of halogens is 3. The van der Waals surface area contributed by atoms with Crippen LogP contribution in [0.15, 0.2) is 70.8 Å². The molecule has 1 fully saturated rings. The number of aliphatic imine (C=N–C) groups is 2. The summed E-state index contributed by atoms with van der Waals surface area (Å²) in [5.74, 6) is 0.00573. The molecule has 4 rings (SSSR count). The van der Waals surface area contributed by atoms with Crippen molar-refractivity contribution in [1.29, 1.82) is 0 Å². The van der Waals surface area contributed by atoms with E-state index in [-0.39, 0.29) is 11.9 Å². The number of aliphatic hydroxyl groups is 1. The number of benzene rings is 1. The summed E-state index contributed by atoms with van der Waals surface area (Å²) in [4.78, 5) is 15.5. The van der Waals surface area contributed by atoms with Crippen molar-refractivity contribution in [3.63, 3.8) is 0 Å². The van der Waals surface area contributed by atoms with Crippen molar-refractivity contribution in [2.75, 3.05) is 33.3 Å². The Kier molecular flexibility index (Phi) is 12.1. The van der Waals surface area contributed by atoms with E-state index >= 15 is 0 Å². The molecule has 3 heterocycles. The third-order valence-corrected chi connectivity index (χ3v) is 6.71. The zero-order valence-electron chi connectivity index (χ0n) is 24.0. The van der Waals surface area contributed by atoms with Gasteiger partial charge in [0.25, 0.3) is 0 Å². The van der Waals surface area contributed by atoms with Gasteiger partial charge in [-0.25, -0.2) is 4.99 Å². The van der Waals surface area contributed by atoms with Crippen LogP contribution in [0.25, 0.3) is 5.70 Å². The van der Waals surface area contributed by atoms with Crippen molar-refractivity contribution in [2.45, 2.75) is 58.4 Å². The normalized spacial score (nSPS) is 16.4. The van der Waals surface area contributed by atoms with Gasteiger partial charge >= 0.3 is 6.36 Å². The summed E-state index contributed by atoms with van der Waals surface area (Å²) in [5, 5.41) is 9.44. The molecule has 2 aliphatic heterocycles. The lowest BCUT2D eigenvalue weighted by Gasteiger charge is -2.29. The summed E-state index contributed by atoms with van der Waals surface area (Å²) in [6.45, 7) is 11.7. The predicted octanol–water partition coefficient (Wildman–Crippen LogP) is 6.04. The van der Waals surface area contributed by atoms with Crippen molar-refractivity contribution in [3.8, 4) is 5.75 Å². The van der Waals surface area contributed by atoms with Gasteiger partial charge in [0.05, 0.1) is 25.5 Å². The predicted molar refractivity (Wildman–Crippen MR) is 156 cm³/mol. The highest BCUT2D eigenvalue weighted by atomic mass is 19.4. The molecule has 2 aliphatic rings. The number of hydrogen-bond donors (Lipinski definition) is 1. The van der Waals surface area contributed by atoms with E-state index in [1.54, 1.807) is 0 Å². The number of aliphatic hydroxyl groups excluding tert-OH is 1. The molecule has 0 aliphatic carbocycles. The fourth-order valence-electron chi connectivity index (χ4n) is 4.35. The lowest BCUT2D eigenvalue weighted by atomic mass is 10.1. The number of rotatable bonds is 9. The van der Waals surface area contributed by atoms with E-state index in [4.69, 9.17) is 4.74 Å². The topological polar surface area (TPSA) is 79.5 Å². The molecule has 7 nitrogen and oxygen atoms in total. The number of hydrogen-bond acceptors (Lipinski definition) is 7. The van der Waals surface area contributed by atoms with Gasteiger partial charge < -0.3 is 19.5 Å². The average Bonchev–Trinajstić information content (AvgIpc) is 3.39. The number of likely N-dealkylation sites (tertiary alicyclic amines) is 1. The molecule has 0 saturated carbocycles. The second kappa shape index (κ2) is 15.5. The van der Waals surface area contributed by atoms with Gasteiger partial charge in [-0.05, 0) is 98.7 Å². The van der Waals surface area contributed by atoms with Crippen LogP contribution in [0.4, 0.5) is 13.2 Å². The van der Waals surface area contributed by atoms with Gasteiger partial charge in [0.1, 0.15) is 11.5 Å². The number of aryl methyl sites for hydroxylation is 2. The Bertz CT molecular complexity index is 1210. The molecule has 0 spiro atoms. The van der Waals surface area contributed by atoms with Crippen molar-refractivity contribution in [2.24, 2.45) is 9.98 Å². The number of piperidine rings is 1. The summed E-state index contributed by atoms with van der Waals surface area (Å²) in [5.41, 5.74) is 5.11. The smallest absolute Gasteiger partial charge is 0.479 e. The first-order valence-electron chi connectivity index (χ1n) is 13.8. The molecule has 1 N–H and O–H groups in total. The van der Waals surface area contributed by atoms with E-state index in [2.05, 4.69) is 50.2 Å². The molecule has 0 amide bonds. The van der Waals surface area contributed by atoms with Gasteiger partial charge in [0.15, 0.2) is 0 Å². The summed E-state index contributed by atoms with van der Waals surface area (Å²) in [7, 11) is 1.47. The highest BCUT2D eigenvalue weighted by molar-refractivity contribution is 6.44. The number of alkyl halides is 3. The van der Waals surface area contributed by atoms with Crippen LogP contribution < -0.4 is 4.74 Å². The summed E-state index contributed by atoms with van der Waals surface area (Å²) in [6.07, 6.45) is 4.21. The largest absolute Gasteiger partial charge is 0.573 e. The van der Waals surface area contributed by atoms with Crippen molar-refractivity contribution < 1.29 is 27.8 Å². The van der Waals surface area contributed by atoms with E-state index < -0.39 is 6.36 Å². The van der Waals surface area contributed by atoms with Crippen molar-refractivity contribution in [1.82, 2.24) is 9.88 Å². The maximum atomic E-state index is 12.1. The minimum atomic E-state index is -4.72. The maximum absolute atomic E-state index is 12.1. The summed E-state index contributed by atoms with van der Waals surface area (Å²) < 4.78 is 45.4. The molecule has 10 heteroatoms. The quantitative estimate of drug-likeness (QED) is 0.293. The van der Waals surface area contributed by atoms with E-state index in [1.165, 1.54) is 42.6 Å². The second-order valence-corrected chi connectivity index (χ2v) is 10.0. The molecule has 0 radical (unpaired) electrons. The first-order chi connectivity index (χ1) is 19.6. The Balaban J connectivity index is 0.000000232. The Morgan fingerprint density at radius 3 is 2.39 bits per heavy atom. The van der Waals surface area contributed by atoms with Crippen LogP contribution in [0.1, 0.15) is 49.9 Å². The lowest BCUT2D eigenvalue weighted by molar-refractivity contribution is -0.274. The lowest BCUT2D eigenvalue weighted by Crippen LogP contribution is -2.36. The molecule has 1 aromatic carbocycles. The number of pyridine rings is 1. The Labute approximate surface area is 240 Å². The fraction of sp³-hybridized carbons (Fsp3) is 0.452. The maximum Gasteiger partial charge on any atom is 0.573 e. The molecule has 0 atom stereocenters. The molecule has 0 bridgehead atoms. The standard InChI is InChI=1S/C16H15F3N2O2.C15H24N2O/c1-10-8-14(20-9-10)15(22-3)21-11(2)12-4-6-13(7-5-12)23-16(17,18)19;1-2-13-5-6-14(16-12-13)4-3-9-17-10-7-15(18)8-11-17/h4-8H,2,9H2,1,3H3;5-6,12,15,18H,2-4,7-11H2,1H3. The molecular weight excluding hydrogens is 533 g/mol. The number of ether oxygens (including phenoxy) is 2. The van der Waals surface area contributed by atoms with Crippen LogP contribution in [0.3, 0.4) is 0 Å². The van der Waals surface area contributed by atoms with Crippen LogP contribution in [-0.2, 0) is 17.6 Å². The van der Waals surface area contributed by atoms with E-state index in [1.807, 2.05) is 19.2 Å². The highest BCUT2D eigenvalue weighted by Gasteiger charge is 2.31. The van der Waals surface area contributed by atoms with Crippen LogP contribution in [0, 0.1) is 0 Å².